The molecule has 3 aliphatic rings. The largest absolute Gasteiger partial charge is 0.467 e. The highest BCUT2D eigenvalue weighted by Crippen LogP contribution is 2.58. The van der Waals surface area contributed by atoms with Gasteiger partial charge in [0.05, 0.1) is 24.6 Å². The predicted octanol–water partition coefficient (Wildman–Crippen LogP) is 4.70. The van der Waals surface area contributed by atoms with E-state index in [4.69, 9.17) is 4.42 Å². The quantitative estimate of drug-likeness (QED) is 0.465. The number of carbonyl (C=O) groups excluding carboxylic acids is 2. The average molecular weight is 407 g/mol. The Morgan fingerprint density at radius 1 is 0.742 bits per heavy atom. The minimum absolute atomic E-state index is 0.0523. The molecule has 152 valence electrons. The molecular weight excluding hydrogens is 386 g/mol. The van der Waals surface area contributed by atoms with Crippen molar-refractivity contribution in [2.24, 2.45) is 23.7 Å². The third kappa shape index (κ3) is 2.68. The summed E-state index contributed by atoms with van der Waals surface area (Å²) in [5.41, 5.74) is 4.59. The first-order valence-electron chi connectivity index (χ1n) is 10.6. The summed E-state index contributed by atoms with van der Waals surface area (Å²) in [6, 6.07) is 24.2. The number of furan rings is 1. The molecule has 31 heavy (non-hydrogen) atoms. The van der Waals surface area contributed by atoms with Crippen LogP contribution in [0, 0.1) is 23.7 Å². The zero-order chi connectivity index (χ0) is 20.9. The molecule has 6 rings (SSSR count). The average Bonchev–Trinajstić information content (AvgIpc) is 3.58. The molecule has 1 aliphatic heterocycles. The van der Waals surface area contributed by atoms with Crippen molar-refractivity contribution in [3.8, 4) is 0 Å². The summed E-state index contributed by atoms with van der Waals surface area (Å²) < 4.78 is 5.39. The monoisotopic (exact) mass is 407 g/mol. The molecule has 4 heteroatoms. The number of carbonyl (C=O) groups is 2. The third-order valence-electron chi connectivity index (χ3n) is 6.81. The molecule has 2 bridgehead atoms. The Hall–Kier alpha value is -3.66. The van der Waals surface area contributed by atoms with E-state index in [0.717, 1.165) is 16.7 Å². The van der Waals surface area contributed by atoms with E-state index in [-0.39, 0.29) is 42.0 Å². The highest BCUT2D eigenvalue weighted by atomic mass is 16.3. The Morgan fingerprint density at radius 2 is 1.29 bits per heavy atom. The number of hydrogen-bond acceptors (Lipinski definition) is 3. The predicted molar refractivity (Wildman–Crippen MR) is 116 cm³/mol. The molecule has 1 aromatic heterocycles. The Kier molecular flexibility index (Phi) is 4.06. The maximum atomic E-state index is 13.4. The van der Waals surface area contributed by atoms with Crippen molar-refractivity contribution in [2.75, 3.05) is 0 Å². The Morgan fingerprint density at radius 3 is 1.77 bits per heavy atom. The Labute approximate surface area is 180 Å². The molecule has 2 fully saturated rings. The molecule has 2 amide bonds. The fourth-order valence-corrected chi connectivity index (χ4v) is 5.58. The van der Waals surface area contributed by atoms with Gasteiger partial charge in [-0.25, -0.2) is 0 Å². The molecule has 0 N–H and O–H groups in total. The first-order chi connectivity index (χ1) is 15.2. The van der Waals surface area contributed by atoms with E-state index in [1.807, 2.05) is 36.4 Å². The smallest absolute Gasteiger partial charge is 0.234 e. The van der Waals surface area contributed by atoms with Gasteiger partial charge >= 0.3 is 0 Å². The minimum Gasteiger partial charge on any atom is -0.467 e. The van der Waals surface area contributed by atoms with E-state index >= 15 is 0 Å². The zero-order valence-corrected chi connectivity index (χ0v) is 16.8. The standard InChI is InChI=1S/C27H21NO3/c29-26-24-20-13-14-21(25(24)27(30)28(26)16-19-12-7-15-31-19)23(20)22(17-8-3-1-4-9-17)18-10-5-2-6-11-18/h1-15,20-21,24-25H,16H2/t20-,21+,24-,25+. The van der Waals surface area contributed by atoms with Gasteiger partial charge in [-0.05, 0) is 34.4 Å². The Balaban J connectivity index is 1.45. The molecule has 0 spiro atoms. The van der Waals surface area contributed by atoms with Crippen LogP contribution in [0.25, 0.3) is 5.57 Å². The zero-order valence-electron chi connectivity index (χ0n) is 16.8. The van der Waals surface area contributed by atoms with E-state index in [2.05, 4.69) is 36.4 Å². The molecule has 3 aromatic rings. The van der Waals surface area contributed by atoms with Crippen LogP contribution in [0.15, 0.2) is 101 Å². The molecule has 0 radical (unpaired) electrons. The fraction of sp³-hybridized carbons (Fsp3) is 0.185. The molecule has 1 saturated carbocycles. The van der Waals surface area contributed by atoms with Gasteiger partial charge in [0.15, 0.2) is 0 Å². The number of rotatable bonds is 4. The number of benzene rings is 2. The van der Waals surface area contributed by atoms with E-state index in [0.29, 0.717) is 5.76 Å². The van der Waals surface area contributed by atoms with E-state index < -0.39 is 0 Å². The van der Waals surface area contributed by atoms with Crippen LogP contribution >= 0.6 is 0 Å². The number of nitrogens with zero attached hydrogens (tertiary/aromatic N) is 1. The second-order valence-electron chi connectivity index (χ2n) is 8.39. The number of imide groups is 1. The van der Waals surface area contributed by atoms with Crippen LogP contribution in [0.1, 0.15) is 16.9 Å². The first-order valence-corrected chi connectivity index (χ1v) is 10.6. The fourth-order valence-electron chi connectivity index (χ4n) is 5.58. The van der Waals surface area contributed by atoms with Gasteiger partial charge in [-0.2, -0.15) is 0 Å². The van der Waals surface area contributed by atoms with Gasteiger partial charge in [-0.1, -0.05) is 72.8 Å². The summed E-state index contributed by atoms with van der Waals surface area (Å²) in [6.45, 7) is 0.209. The molecule has 4 atom stereocenters. The lowest BCUT2D eigenvalue weighted by Gasteiger charge is -2.21. The summed E-state index contributed by atoms with van der Waals surface area (Å²) in [6.07, 6.45) is 5.84. The minimum atomic E-state index is -0.324. The van der Waals surface area contributed by atoms with E-state index in [1.54, 1.807) is 18.4 Å². The van der Waals surface area contributed by atoms with Gasteiger partial charge < -0.3 is 4.42 Å². The van der Waals surface area contributed by atoms with E-state index in [1.165, 1.54) is 10.5 Å². The van der Waals surface area contributed by atoms with Gasteiger partial charge in [-0.3, -0.25) is 14.5 Å². The summed E-state index contributed by atoms with van der Waals surface area (Å²) in [7, 11) is 0. The van der Waals surface area contributed by atoms with Crippen LogP contribution in [0.3, 0.4) is 0 Å². The number of hydrogen-bond donors (Lipinski definition) is 0. The topological polar surface area (TPSA) is 50.5 Å². The van der Waals surface area contributed by atoms with Gasteiger partial charge in [0, 0.05) is 11.8 Å². The first kappa shape index (κ1) is 18.1. The van der Waals surface area contributed by atoms with Gasteiger partial charge in [0.1, 0.15) is 5.76 Å². The second kappa shape index (κ2) is 6.95. The third-order valence-corrected chi connectivity index (χ3v) is 6.81. The normalized spacial score (nSPS) is 26.1. The van der Waals surface area contributed by atoms with Gasteiger partial charge in [0.25, 0.3) is 0 Å². The number of likely N-dealkylation sites (tertiary alicyclic amines) is 1. The summed E-state index contributed by atoms with van der Waals surface area (Å²) in [5, 5.41) is 0. The van der Waals surface area contributed by atoms with Crippen molar-refractivity contribution in [1.82, 2.24) is 4.90 Å². The van der Waals surface area contributed by atoms with Crippen LogP contribution in [0.2, 0.25) is 0 Å². The van der Waals surface area contributed by atoms with Crippen molar-refractivity contribution < 1.29 is 14.0 Å². The SMILES string of the molecule is O=C1[C@@H]2[C@H](C(=O)N1Cc1ccco1)[C@@H]1C=C[C@H]2C1=C(c1ccccc1)c1ccccc1. The molecule has 4 nitrogen and oxygen atoms in total. The van der Waals surface area contributed by atoms with Crippen LogP contribution in [-0.4, -0.2) is 16.7 Å². The van der Waals surface area contributed by atoms with Crippen LogP contribution in [-0.2, 0) is 16.1 Å². The highest BCUT2D eigenvalue weighted by Gasteiger charge is 2.62. The number of fused-ring (bicyclic) bond motifs is 5. The lowest BCUT2D eigenvalue weighted by Crippen LogP contribution is -2.32. The van der Waals surface area contributed by atoms with Crippen LogP contribution in [0.4, 0.5) is 0 Å². The van der Waals surface area contributed by atoms with Crippen molar-refractivity contribution in [2.45, 2.75) is 6.54 Å². The molecule has 2 heterocycles. The molecule has 0 unspecified atom stereocenters. The van der Waals surface area contributed by atoms with Gasteiger partial charge in [-0.15, -0.1) is 0 Å². The Bertz CT molecular complexity index is 1130. The molecule has 2 aliphatic carbocycles. The lowest BCUT2D eigenvalue weighted by molar-refractivity contribution is -0.141. The van der Waals surface area contributed by atoms with Crippen molar-refractivity contribution in [3.63, 3.8) is 0 Å². The number of amides is 2. The van der Waals surface area contributed by atoms with Crippen LogP contribution in [0.5, 0.6) is 0 Å². The number of allylic oxidation sites excluding steroid dienone is 3. The van der Waals surface area contributed by atoms with Crippen molar-refractivity contribution in [1.29, 1.82) is 0 Å². The van der Waals surface area contributed by atoms with Gasteiger partial charge in [0.2, 0.25) is 11.8 Å². The molecule has 1 saturated heterocycles. The van der Waals surface area contributed by atoms with Crippen molar-refractivity contribution >= 4 is 17.4 Å². The molecule has 2 aromatic carbocycles. The summed E-state index contributed by atoms with van der Waals surface area (Å²) in [4.78, 5) is 28.1. The second-order valence-corrected chi connectivity index (χ2v) is 8.39. The maximum absolute atomic E-state index is 13.4. The highest BCUT2D eigenvalue weighted by molar-refractivity contribution is 6.08. The lowest BCUT2D eigenvalue weighted by atomic mass is 9.85. The molecular formula is C27H21NO3. The maximum Gasteiger partial charge on any atom is 0.234 e. The van der Waals surface area contributed by atoms with Crippen LogP contribution < -0.4 is 0 Å². The van der Waals surface area contributed by atoms with E-state index in [9.17, 15) is 9.59 Å². The van der Waals surface area contributed by atoms with Crippen molar-refractivity contribution in [3.05, 3.63) is 114 Å². The summed E-state index contributed by atoms with van der Waals surface area (Å²) in [5.74, 6) is -0.286. The summed E-state index contributed by atoms with van der Waals surface area (Å²) >= 11 is 0.